The zero-order valence-corrected chi connectivity index (χ0v) is 12.6. The number of ether oxygens (including phenoxy) is 1. The first kappa shape index (κ1) is 15.2. The van der Waals surface area contributed by atoms with E-state index < -0.39 is 10.7 Å². The van der Waals surface area contributed by atoms with Gasteiger partial charge in [0.1, 0.15) is 17.4 Å². The fourth-order valence-electron chi connectivity index (χ4n) is 1.63. The van der Waals surface area contributed by atoms with E-state index in [1.54, 1.807) is 0 Å². The molecule has 0 bridgehead atoms. The third-order valence-electron chi connectivity index (χ3n) is 2.45. The highest BCUT2D eigenvalue weighted by atomic mass is 79.9. The Balaban J connectivity index is 2.40. The van der Waals surface area contributed by atoms with Gasteiger partial charge in [-0.15, -0.1) is 0 Å². The first-order valence-corrected chi connectivity index (χ1v) is 6.82. The maximum atomic E-state index is 13.3. The monoisotopic (exact) mass is 355 g/mol. The van der Waals surface area contributed by atoms with Crippen molar-refractivity contribution in [2.45, 2.75) is 6.92 Å². The fraction of sp³-hybridized carbons (Fsp3) is 0.154. The molecule has 0 unspecified atom stereocenters. The molecule has 0 amide bonds. The first-order chi connectivity index (χ1) is 9.99. The van der Waals surface area contributed by atoms with Gasteiger partial charge in [0.25, 0.3) is 0 Å². The van der Waals surface area contributed by atoms with Gasteiger partial charge in [-0.2, -0.15) is 4.98 Å². The van der Waals surface area contributed by atoms with E-state index in [1.807, 2.05) is 6.92 Å². The van der Waals surface area contributed by atoms with Crippen LogP contribution in [0.25, 0.3) is 0 Å². The predicted octanol–water partition coefficient (Wildman–Crippen LogP) is 4.12. The van der Waals surface area contributed by atoms with E-state index >= 15 is 0 Å². The number of aromatic nitrogens is 1. The van der Waals surface area contributed by atoms with Gasteiger partial charge < -0.3 is 10.1 Å². The molecule has 0 aliphatic rings. The molecule has 8 heteroatoms. The molecule has 2 aromatic rings. The molecule has 0 aliphatic heterocycles. The Morgan fingerprint density at radius 2 is 2.19 bits per heavy atom. The maximum absolute atomic E-state index is 13.3. The number of benzene rings is 1. The van der Waals surface area contributed by atoms with E-state index in [2.05, 4.69) is 26.2 Å². The van der Waals surface area contributed by atoms with Crippen molar-refractivity contribution in [2.75, 3.05) is 11.9 Å². The molecule has 1 N–H and O–H groups in total. The Hall–Kier alpha value is -2.22. The summed E-state index contributed by atoms with van der Waals surface area (Å²) in [5, 5.41) is 13.9. The van der Waals surface area contributed by atoms with Gasteiger partial charge in [0.05, 0.1) is 4.92 Å². The molecule has 1 aromatic heterocycles. The number of nitrogens with zero attached hydrogens (tertiary/aromatic N) is 2. The summed E-state index contributed by atoms with van der Waals surface area (Å²) in [7, 11) is 0. The quantitative estimate of drug-likeness (QED) is 0.644. The number of rotatable bonds is 5. The molecule has 1 heterocycles. The van der Waals surface area contributed by atoms with Crippen LogP contribution in [-0.2, 0) is 0 Å². The van der Waals surface area contributed by atoms with Crippen LogP contribution >= 0.6 is 15.9 Å². The SMILES string of the molecule is CCNc1ccc([N+](=O)[O-])c(Oc2cc(F)cc(Br)c2)n1. The number of halogens is 2. The Morgan fingerprint density at radius 3 is 2.81 bits per heavy atom. The minimum atomic E-state index is -0.605. The largest absolute Gasteiger partial charge is 0.433 e. The molecule has 0 radical (unpaired) electrons. The molecular formula is C13H11BrFN3O3. The van der Waals surface area contributed by atoms with Crippen molar-refractivity contribution in [2.24, 2.45) is 0 Å². The van der Waals surface area contributed by atoms with Gasteiger partial charge in [0.15, 0.2) is 0 Å². The second-order valence-electron chi connectivity index (χ2n) is 4.02. The van der Waals surface area contributed by atoms with Crippen molar-refractivity contribution in [3.05, 3.63) is 50.7 Å². The summed E-state index contributed by atoms with van der Waals surface area (Å²) < 4.78 is 19.1. The Bertz CT molecular complexity index is 661. The molecule has 6 nitrogen and oxygen atoms in total. The number of nitro groups is 1. The summed E-state index contributed by atoms with van der Waals surface area (Å²) in [5.41, 5.74) is -0.294. The van der Waals surface area contributed by atoms with Crippen LogP contribution < -0.4 is 10.1 Å². The lowest BCUT2D eigenvalue weighted by molar-refractivity contribution is -0.386. The molecule has 0 aliphatic carbocycles. The number of anilines is 1. The van der Waals surface area contributed by atoms with Crippen LogP contribution in [0.15, 0.2) is 34.8 Å². The number of hydrogen-bond acceptors (Lipinski definition) is 5. The van der Waals surface area contributed by atoms with Crippen LogP contribution in [0.2, 0.25) is 0 Å². The van der Waals surface area contributed by atoms with Crippen molar-refractivity contribution >= 4 is 27.4 Å². The van der Waals surface area contributed by atoms with Gasteiger partial charge in [-0.05, 0) is 25.1 Å². The highest BCUT2D eigenvalue weighted by Crippen LogP contribution is 2.32. The van der Waals surface area contributed by atoms with Crippen molar-refractivity contribution in [3.63, 3.8) is 0 Å². The molecule has 1 aromatic carbocycles. The van der Waals surface area contributed by atoms with Gasteiger partial charge >= 0.3 is 11.6 Å². The van der Waals surface area contributed by atoms with Crippen LogP contribution in [0.1, 0.15) is 6.92 Å². The summed E-state index contributed by atoms with van der Waals surface area (Å²) in [4.78, 5) is 14.4. The minimum Gasteiger partial charge on any atom is -0.433 e. The van der Waals surface area contributed by atoms with E-state index in [1.165, 1.54) is 24.3 Å². The summed E-state index contributed by atoms with van der Waals surface area (Å²) in [6.07, 6.45) is 0. The minimum absolute atomic E-state index is 0.117. The van der Waals surface area contributed by atoms with E-state index in [0.717, 1.165) is 6.07 Å². The van der Waals surface area contributed by atoms with E-state index in [-0.39, 0.29) is 17.3 Å². The van der Waals surface area contributed by atoms with Gasteiger partial charge in [-0.25, -0.2) is 4.39 Å². The summed E-state index contributed by atoms with van der Waals surface area (Å²) >= 11 is 3.13. The zero-order chi connectivity index (χ0) is 15.4. The molecule has 0 atom stereocenters. The zero-order valence-electron chi connectivity index (χ0n) is 11.0. The third kappa shape index (κ3) is 3.88. The third-order valence-corrected chi connectivity index (χ3v) is 2.90. The number of hydrogen-bond donors (Lipinski definition) is 1. The number of pyridine rings is 1. The van der Waals surface area contributed by atoms with E-state index in [4.69, 9.17) is 4.74 Å². The molecule has 21 heavy (non-hydrogen) atoms. The van der Waals surface area contributed by atoms with Gasteiger partial charge in [-0.3, -0.25) is 10.1 Å². The van der Waals surface area contributed by atoms with Gasteiger partial charge in [-0.1, -0.05) is 15.9 Å². The highest BCUT2D eigenvalue weighted by Gasteiger charge is 2.19. The van der Waals surface area contributed by atoms with E-state index in [9.17, 15) is 14.5 Å². The highest BCUT2D eigenvalue weighted by molar-refractivity contribution is 9.10. The lowest BCUT2D eigenvalue weighted by atomic mass is 10.3. The van der Waals surface area contributed by atoms with Crippen molar-refractivity contribution in [3.8, 4) is 11.6 Å². The van der Waals surface area contributed by atoms with E-state index in [0.29, 0.717) is 16.8 Å². The molecular weight excluding hydrogens is 345 g/mol. The molecule has 0 saturated carbocycles. The second-order valence-corrected chi connectivity index (χ2v) is 4.93. The summed E-state index contributed by atoms with van der Waals surface area (Å²) in [6, 6.07) is 6.64. The fourth-order valence-corrected chi connectivity index (χ4v) is 2.07. The van der Waals surface area contributed by atoms with Crippen molar-refractivity contribution in [1.82, 2.24) is 4.98 Å². The second kappa shape index (κ2) is 6.49. The van der Waals surface area contributed by atoms with Gasteiger partial charge in [0, 0.05) is 23.2 Å². The Kier molecular flexibility index (Phi) is 4.69. The molecule has 0 saturated heterocycles. The molecule has 0 fully saturated rings. The van der Waals surface area contributed by atoms with Crippen LogP contribution in [0, 0.1) is 15.9 Å². The smallest absolute Gasteiger partial charge is 0.331 e. The van der Waals surface area contributed by atoms with Crippen LogP contribution in [0.5, 0.6) is 11.6 Å². The average molecular weight is 356 g/mol. The normalized spacial score (nSPS) is 10.2. The topological polar surface area (TPSA) is 77.3 Å². The lowest BCUT2D eigenvalue weighted by Gasteiger charge is -2.08. The summed E-state index contributed by atoms with van der Waals surface area (Å²) in [6.45, 7) is 2.48. The molecule has 0 spiro atoms. The summed E-state index contributed by atoms with van der Waals surface area (Å²) in [5.74, 6) is -0.166. The molecule has 2 rings (SSSR count). The average Bonchev–Trinajstić information content (AvgIpc) is 2.37. The maximum Gasteiger partial charge on any atom is 0.331 e. The number of nitrogens with one attached hydrogen (secondary N) is 1. The van der Waals surface area contributed by atoms with Crippen LogP contribution in [0.3, 0.4) is 0 Å². The van der Waals surface area contributed by atoms with Gasteiger partial charge in [0.2, 0.25) is 0 Å². The Morgan fingerprint density at radius 1 is 1.43 bits per heavy atom. The first-order valence-electron chi connectivity index (χ1n) is 6.03. The van der Waals surface area contributed by atoms with Crippen molar-refractivity contribution < 1.29 is 14.1 Å². The van der Waals surface area contributed by atoms with Crippen LogP contribution in [-0.4, -0.2) is 16.5 Å². The standard InChI is InChI=1S/C13H11BrFN3O3/c1-2-16-12-4-3-11(18(19)20)13(17-12)21-10-6-8(14)5-9(15)7-10/h3-7H,2H2,1H3,(H,16,17). The lowest BCUT2D eigenvalue weighted by Crippen LogP contribution is -2.02. The molecule has 110 valence electrons. The van der Waals surface area contributed by atoms with Crippen LogP contribution in [0.4, 0.5) is 15.9 Å². The predicted molar refractivity (Wildman–Crippen MR) is 79.2 cm³/mol. The Labute approximate surface area is 128 Å². The van der Waals surface area contributed by atoms with Crippen molar-refractivity contribution in [1.29, 1.82) is 0 Å².